The minimum atomic E-state index is -1.18. The smallest absolute Gasteiger partial charge is 0.264 e. The Morgan fingerprint density at radius 2 is 1.48 bits per heavy atom. The molecule has 1 atom stereocenters. The number of piperazine rings is 3. The Bertz CT molecular complexity index is 969. The molecule has 0 spiro atoms. The van der Waals surface area contributed by atoms with E-state index in [2.05, 4.69) is 30.7 Å². The highest BCUT2D eigenvalue weighted by atomic mass is 16.2. The molecule has 4 amide bonds. The number of nitrogens with zero attached hydrogens (tertiary/aromatic N) is 4. The van der Waals surface area contributed by atoms with Crippen LogP contribution in [0.1, 0.15) is 20.7 Å². The van der Waals surface area contributed by atoms with Crippen LogP contribution >= 0.6 is 0 Å². The molecule has 0 aliphatic carbocycles. The molecule has 4 aliphatic heterocycles. The molecule has 1 aromatic rings. The average Bonchev–Trinajstić information content (AvgIpc) is 3.08. The van der Waals surface area contributed by atoms with Gasteiger partial charge in [-0.1, -0.05) is 0 Å². The van der Waals surface area contributed by atoms with Gasteiger partial charge in [0, 0.05) is 71.1 Å². The molecule has 3 fully saturated rings. The molecule has 4 heterocycles. The summed E-state index contributed by atoms with van der Waals surface area (Å²) >= 11 is 0. The zero-order chi connectivity index (χ0) is 22.9. The fraction of sp³-hybridized carbons (Fsp3) is 0.545. The van der Waals surface area contributed by atoms with Crippen LogP contribution < -0.4 is 20.9 Å². The van der Waals surface area contributed by atoms with E-state index in [0.29, 0.717) is 5.56 Å². The normalized spacial score (nSPS) is 24.9. The van der Waals surface area contributed by atoms with Crippen LogP contribution in [0.4, 0.5) is 5.69 Å². The minimum absolute atomic E-state index is 0.131. The van der Waals surface area contributed by atoms with Gasteiger partial charge in [-0.15, -0.1) is 0 Å². The van der Waals surface area contributed by atoms with Crippen LogP contribution in [0.2, 0.25) is 0 Å². The van der Waals surface area contributed by atoms with E-state index in [0.717, 1.165) is 76.0 Å². The highest BCUT2D eigenvalue weighted by Gasteiger charge is 2.44. The number of amides is 4. The Balaban J connectivity index is 1.21. The quantitative estimate of drug-likeness (QED) is 0.429. The molecule has 1 aromatic carbocycles. The fourth-order valence-corrected chi connectivity index (χ4v) is 4.87. The molecule has 4 aliphatic rings. The van der Waals surface area contributed by atoms with Gasteiger partial charge < -0.3 is 10.2 Å². The van der Waals surface area contributed by atoms with Crippen molar-refractivity contribution in [3.05, 3.63) is 29.3 Å². The molecule has 176 valence electrons. The first-order valence-electron chi connectivity index (χ1n) is 11.5. The number of anilines is 1. The molecule has 0 radical (unpaired) electrons. The second-order valence-electron chi connectivity index (χ2n) is 8.83. The minimum Gasteiger partial charge on any atom is -0.369 e. The van der Waals surface area contributed by atoms with Crippen molar-refractivity contribution in [3.8, 4) is 0 Å². The topological polar surface area (TPSA) is 117 Å². The number of rotatable bonds is 5. The van der Waals surface area contributed by atoms with Gasteiger partial charge in [-0.2, -0.15) is 0 Å². The maximum absolute atomic E-state index is 13.0. The lowest BCUT2D eigenvalue weighted by atomic mass is 10.1. The third-order valence-corrected chi connectivity index (χ3v) is 6.81. The maximum atomic E-state index is 13.0. The number of fused-ring (bicyclic) bond motifs is 1. The lowest BCUT2D eigenvalue weighted by Gasteiger charge is -2.37. The zero-order valence-electron chi connectivity index (χ0n) is 18.5. The Labute approximate surface area is 192 Å². The maximum Gasteiger partial charge on any atom is 0.264 e. The van der Waals surface area contributed by atoms with Crippen LogP contribution in [0.15, 0.2) is 18.2 Å². The van der Waals surface area contributed by atoms with Crippen molar-refractivity contribution in [1.82, 2.24) is 30.7 Å². The first-order valence-corrected chi connectivity index (χ1v) is 11.5. The number of hydrogen-bond donors (Lipinski definition) is 3. The molecule has 33 heavy (non-hydrogen) atoms. The third kappa shape index (κ3) is 4.36. The molecular weight excluding hydrogens is 426 g/mol. The Morgan fingerprint density at radius 1 is 0.818 bits per heavy atom. The number of benzene rings is 1. The van der Waals surface area contributed by atoms with Gasteiger partial charge in [-0.05, 0) is 18.2 Å². The summed E-state index contributed by atoms with van der Waals surface area (Å²) in [6.45, 7) is 9.93. The number of nitrogens with one attached hydrogen (secondary N) is 3. The van der Waals surface area contributed by atoms with Gasteiger partial charge in [0.2, 0.25) is 5.91 Å². The van der Waals surface area contributed by atoms with E-state index in [-0.39, 0.29) is 12.1 Å². The Hall–Kier alpha value is -2.86. The molecular formula is C22H29N7O4. The summed E-state index contributed by atoms with van der Waals surface area (Å²) in [5.74, 6) is -2.23. The van der Waals surface area contributed by atoms with E-state index in [9.17, 15) is 19.2 Å². The molecule has 3 N–H and O–H groups in total. The van der Waals surface area contributed by atoms with Crippen LogP contribution in [0.3, 0.4) is 0 Å². The molecule has 0 bridgehead atoms. The fourth-order valence-electron chi connectivity index (χ4n) is 4.87. The highest BCUT2D eigenvalue weighted by Crippen LogP contribution is 2.29. The van der Waals surface area contributed by atoms with E-state index >= 15 is 0 Å². The lowest BCUT2D eigenvalue weighted by molar-refractivity contribution is -0.136. The number of hydrogen-bond acceptors (Lipinski definition) is 9. The van der Waals surface area contributed by atoms with Crippen LogP contribution in [0.5, 0.6) is 0 Å². The van der Waals surface area contributed by atoms with Crippen molar-refractivity contribution in [3.63, 3.8) is 0 Å². The molecule has 11 heteroatoms. The SMILES string of the molecule is O=C1CNC(N2C(=O)c3ccc(N4CCN(CCN5CCNCC5)CC4)cc3C2=O)C(=O)N1. The van der Waals surface area contributed by atoms with Crippen molar-refractivity contribution in [1.29, 1.82) is 0 Å². The van der Waals surface area contributed by atoms with Crippen LogP contribution in [-0.4, -0.2) is 116 Å². The molecule has 0 aromatic heterocycles. The Morgan fingerprint density at radius 3 is 2.18 bits per heavy atom. The first-order chi connectivity index (χ1) is 16.0. The lowest BCUT2D eigenvalue weighted by Crippen LogP contribution is -2.64. The summed E-state index contributed by atoms with van der Waals surface area (Å²) in [5, 5.41) is 8.22. The molecule has 0 saturated carbocycles. The van der Waals surface area contributed by atoms with Gasteiger partial charge in [-0.25, -0.2) is 4.90 Å². The standard InChI is InChI=1S/C22H29N7O4/c30-18-14-24-19(20(31)25-18)29-21(32)16-2-1-15(13-17(16)22(29)33)28-11-9-27(10-12-28)8-7-26-5-3-23-4-6-26/h1-2,13,19,23-24H,3-12,14H2,(H,25,30,31). The summed E-state index contributed by atoms with van der Waals surface area (Å²) in [5.41, 5.74) is 1.48. The monoisotopic (exact) mass is 455 g/mol. The van der Waals surface area contributed by atoms with Crippen molar-refractivity contribution >= 4 is 29.3 Å². The second kappa shape index (κ2) is 9.18. The second-order valence-corrected chi connectivity index (χ2v) is 8.83. The Kier molecular flexibility index (Phi) is 6.11. The number of carbonyl (C=O) groups is 4. The number of carbonyl (C=O) groups excluding carboxylic acids is 4. The highest BCUT2D eigenvalue weighted by molar-refractivity contribution is 6.23. The third-order valence-electron chi connectivity index (χ3n) is 6.81. The summed E-state index contributed by atoms with van der Waals surface area (Å²) in [6.07, 6.45) is -1.18. The summed E-state index contributed by atoms with van der Waals surface area (Å²) in [7, 11) is 0. The largest absolute Gasteiger partial charge is 0.369 e. The van der Waals surface area contributed by atoms with Crippen LogP contribution in [0.25, 0.3) is 0 Å². The van der Waals surface area contributed by atoms with Gasteiger partial charge >= 0.3 is 0 Å². The molecule has 1 unspecified atom stereocenters. The molecule has 3 saturated heterocycles. The molecule has 5 rings (SSSR count). The van der Waals surface area contributed by atoms with E-state index in [1.54, 1.807) is 12.1 Å². The predicted molar refractivity (Wildman–Crippen MR) is 120 cm³/mol. The van der Waals surface area contributed by atoms with E-state index in [1.165, 1.54) is 0 Å². The zero-order valence-corrected chi connectivity index (χ0v) is 18.5. The van der Waals surface area contributed by atoms with Crippen LogP contribution in [-0.2, 0) is 9.59 Å². The van der Waals surface area contributed by atoms with Gasteiger partial charge in [0.25, 0.3) is 17.7 Å². The number of imide groups is 2. The predicted octanol–water partition coefficient (Wildman–Crippen LogP) is -2.12. The van der Waals surface area contributed by atoms with Crippen molar-refractivity contribution < 1.29 is 19.2 Å². The van der Waals surface area contributed by atoms with Gasteiger partial charge in [0.1, 0.15) is 0 Å². The van der Waals surface area contributed by atoms with E-state index < -0.39 is 29.8 Å². The van der Waals surface area contributed by atoms with Gasteiger partial charge in [0.05, 0.1) is 17.7 Å². The van der Waals surface area contributed by atoms with Crippen molar-refractivity contribution in [2.45, 2.75) is 6.17 Å². The summed E-state index contributed by atoms with van der Waals surface area (Å²) in [4.78, 5) is 57.5. The van der Waals surface area contributed by atoms with E-state index in [1.807, 2.05) is 6.07 Å². The van der Waals surface area contributed by atoms with E-state index in [4.69, 9.17) is 0 Å². The average molecular weight is 456 g/mol. The summed E-state index contributed by atoms with van der Waals surface area (Å²) in [6, 6.07) is 5.27. The van der Waals surface area contributed by atoms with Gasteiger partial charge in [-0.3, -0.25) is 39.6 Å². The van der Waals surface area contributed by atoms with Crippen molar-refractivity contribution in [2.75, 3.05) is 76.9 Å². The van der Waals surface area contributed by atoms with Gasteiger partial charge in [0.15, 0.2) is 6.17 Å². The first kappa shape index (κ1) is 22.0. The molecule has 11 nitrogen and oxygen atoms in total. The summed E-state index contributed by atoms with van der Waals surface area (Å²) < 4.78 is 0. The van der Waals surface area contributed by atoms with Crippen molar-refractivity contribution in [2.24, 2.45) is 0 Å². The van der Waals surface area contributed by atoms with Crippen LogP contribution in [0, 0.1) is 0 Å².